The second-order valence-electron chi connectivity index (χ2n) is 3.70. The van der Waals surface area contributed by atoms with E-state index in [-0.39, 0.29) is 12.0 Å². The van der Waals surface area contributed by atoms with Crippen LogP contribution in [0.15, 0.2) is 0 Å². The number of nitrogens with one attached hydrogen (secondary N) is 1. The molecule has 0 aliphatic carbocycles. The molecule has 0 aromatic rings. The van der Waals surface area contributed by atoms with Gasteiger partial charge in [0.1, 0.15) is 6.04 Å². The standard InChI is InChI=1S/C9H15NO3/c1-12-9(11)8-7-2-3-13-5-6(7)4-10-8/h6-8,10H,2-5H2,1H3. The largest absolute Gasteiger partial charge is 0.468 e. The van der Waals surface area contributed by atoms with Crippen molar-refractivity contribution in [1.29, 1.82) is 0 Å². The summed E-state index contributed by atoms with van der Waals surface area (Å²) in [5.41, 5.74) is 0. The number of rotatable bonds is 1. The number of carbonyl (C=O) groups is 1. The molecular weight excluding hydrogens is 170 g/mol. The summed E-state index contributed by atoms with van der Waals surface area (Å²) in [6, 6.07) is -0.0982. The van der Waals surface area contributed by atoms with Crippen molar-refractivity contribution < 1.29 is 14.3 Å². The average Bonchev–Trinajstić information content (AvgIpc) is 2.60. The van der Waals surface area contributed by atoms with Crippen LogP contribution in [0.4, 0.5) is 0 Å². The van der Waals surface area contributed by atoms with Gasteiger partial charge in [0.2, 0.25) is 0 Å². The van der Waals surface area contributed by atoms with E-state index in [0.29, 0.717) is 11.8 Å². The van der Waals surface area contributed by atoms with Gasteiger partial charge in [-0.05, 0) is 18.3 Å². The Bertz CT molecular complexity index is 207. The zero-order valence-electron chi connectivity index (χ0n) is 7.79. The van der Waals surface area contributed by atoms with Gasteiger partial charge in [0, 0.05) is 13.2 Å². The summed E-state index contributed by atoms with van der Waals surface area (Å²) < 4.78 is 10.1. The lowest BCUT2D eigenvalue weighted by Crippen LogP contribution is -2.38. The first-order chi connectivity index (χ1) is 6.33. The zero-order valence-corrected chi connectivity index (χ0v) is 7.79. The second kappa shape index (κ2) is 3.64. The van der Waals surface area contributed by atoms with Crippen molar-refractivity contribution in [2.24, 2.45) is 11.8 Å². The number of esters is 1. The molecule has 4 heteroatoms. The minimum Gasteiger partial charge on any atom is -0.468 e. The summed E-state index contributed by atoms with van der Waals surface area (Å²) in [5, 5.41) is 3.19. The number of fused-ring (bicyclic) bond motifs is 1. The molecular formula is C9H15NO3. The molecule has 0 bridgehead atoms. The van der Waals surface area contributed by atoms with E-state index < -0.39 is 0 Å². The van der Waals surface area contributed by atoms with Crippen LogP contribution in [0.5, 0.6) is 0 Å². The first-order valence-electron chi connectivity index (χ1n) is 4.72. The van der Waals surface area contributed by atoms with Crippen LogP contribution in [0, 0.1) is 11.8 Å². The Morgan fingerprint density at radius 3 is 3.23 bits per heavy atom. The van der Waals surface area contributed by atoms with Crippen molar-refractivity contribution in [2.45, 2.75) is 12.5 Å². The predicted octanol–water partition coefficient (Wildman–Crippen LogP) is -0.216. The van der Waals surface area contributed by atoms with E-state index in [4.69, 9.17) is 9.47 Å². The van der Waals surface area contributed by atoms with Gasteiger partial charge in [0.25, 0.3) is 0 Å². The molecule has 2 aliphatic heterocycles. The monoisotopic (exact) mass is 185 g/mol. The summed E-state index contributed by atoms with van der Waals surface area (Å²) >= 11 is 0. The first-order valence-corrected chi connectivity index (χ1v) is 4.72. The quantitative estimate of drug-likeness (QED) is 0.574. The summed E-state index contributed by atoms with van der Waals surface area (Å²) in [7, 11) is 1.44. The lowest BCUT2D eigenvalue weighted by atomic mass is 9.87. The number of methoxy groups -OCH3 is 1. The molecule has 1 N–H and O–H groups in total. The third kappa shape index (κ3) is 1.56. The van der Waals surface area contributed by atoms with Gasteiger partial charge in [-0.1, -0.05) is 0 Å². The second-order valence-corrected chi connectivity index (χ2v) is 3.70. The van der Waals surface area contributed by atoms with Crippen LogP contribution >= 0.6 is 0 Å². The maximum Gasteiger partial charge on any atom is 0.323 e. The van der Waals surface area contributed by atoms with Crippen LogP contribution < -0.4 is 5.32 Å². The van der Waals surface area contributed by atoms with Gasteiger partial charge < -0.3 is 14.8 Å². The summed E-state index contributed by atoms with van der Waals surface area (Å²) in [4.78, 5) is 11.3. The first kappa shape index (κ1) is 8.97. The van der Waals surface area contributed by atoms with E-state index >= 15 is 0 Å². The topological polar surface area (TPSA) is 47.6 Å². The molecule has 13 heavy (non-hydrogen) atoms. The lowest BCUT2D eigenvalue weighted by Gasteiger charge is -2.26. The van der Waals surface area contributed by atoms with Crippen LogP contribution in [0.2, 0.25) is 0 Å². The van der Waals surface area contributed by atoms with E-state index in [1.807, 2.05) is 0 Å². The van der Waals surface area contributed by atoms with Gasteiger partial charge in [-0.25, -0.2) is 0 Å². The lowest BCUT2D eigenvalue weighted by molar-refractivity contribution is -0.144. The SMILES string of the molecule is COC(=O)C1NCC2COCCC21. The van der Waals surface area contributed by atoms with Gasteiger partial charge >= 0.3 is 5.97 Å². The average molecular weight is 185 g/mol. The van der Waals surface area contributed by atoms with Crippen LogP contribution in [0.25, 0.3) is 0 Å². The highest BCUT2D eigenvalue weighted by molar-refractivity contribution is 5.76. The molecule has 74 valence electrons. The van der Waals surface area contributed by atoms with Crippen molar-refractivity contribution in [3.8, 4) is 0 Å². The fraction of sp³-hybridized carbons (Fsp3) is 0.889. The minimum absolute atomic E-state index is 0.0982. The van der Waals surface area contributed by atoms with Crippen molar-refractivity contribution in [2.75, 3.05) is 26.9 Å². The van der Waals surface area contributed by atoms with Crippen molar-refractivity contribution in [3.63, 3.8) is 0 Å². The number of carbonyl (C=O) groups excluding carboxylic acids is 1. The number of ether oxygens (including phenoxy) is 2. The summed E-state index contributed by atoms with van der Waals surface area (Å²) in [5.74, 6) is 0.786. The van der Waals surface area contributed by atoms with Crippen LogP contribution in [0.3, 0.4) is 0 Å². The molecule has 3 atom stereocenters. The molecule has 2 aliphatic rings. The Balaban J connectivity index is 2.02. The Hall–Kier alpha value is -0.610. The van der Waals surface area contributed by atoms with Gasteiger partial charge in [-0.15, -0.1) is 0 Å². The zero-order chi connectivity index (χ0) is 9.26. The molecule has 0 amide bonds. The van der Waals surface area contributed by atoms with Crippen molar-refractivity contribution in [3.05, 3.63) is 0 Å². The van der Waals surface area contributed by atoms with E-state index in [9.17, 15) is 4.79 Å². The number of hydrogen-bond donors (Lipinski definition) is 1. The van der Waals surface area contributed by atoms with E-state index in [2.05, 4.69) is 5.32 Å². The van der Waals surface area contributed by atoms with E-state index in [0.717, 1.165) is 26.2 Å². The molecule has 0 spiro atoms. The molecule has 2 saturated heterocycles. The Labute approximate surface area is 77.6 Å². The maximum absolute atomic E-state index is 11.3. The fourth-order valence-electron chi connectivity index (χ4n) is 2.28. The highest BCUT2D eigenvalue weighted by atomic mass is 16.5. The third-order valence-electron chi connectivity index (χ3n) is 3.02. The Morgan fingerprint density at radius 1 is 1.62 bits per heavy atom. The molecule has 3 unspecified atom stereocenters. The van der Waals surface area contributed by atoms with Gasteiger partial charge in [-0.3, -0.25) is 4.79 Å². The van der Waals surface area contributed by atoms with Crippen LogP contribution in [0.1, 0.15) is 6.42 Å². The van der Waals surface area contributed by atoms with Crippen LogP contribution in [-0.2, 0) is 14.3 Å². The normalized spacial score (nSPS) is 38.4. The van der Waals surface area contributed by atoms with Gasteiger partial charge in [-0.2, -0.15) is 0 Å². The van der Waals surface area contributed by atoms with Gasteiger partial charge in [0.15, 0.2) is 0 Å². The smallest absolute Gasteiger partial charge is 0.323 e. The Morgan fingerprint density at radius 2 is 2.46 bits per heavy atom. The number of hydrogen-bond acceptors (Lipinski definition) is 4. The molecule has 4 nitrogen and oxygen atoms in total. The predicted molar refractivity (Wildman–Crippen MR) is 46.2 cm³/mol. The fourth-order valence-corrected chi connectivity index (χ4v) is 2.28. The van der Waals surface area contributed by atoms with E-state index in [1.54, 1.807) is 0 Å². The van der Waals surface area contributed by atoms with Crippen molar-refractivity contribution in [1.82, 2.24) is 5.32 Å². The molecule has 0 saturated carbocycles. The van der Waals surface area contributed by atoms with Crippen molar-refractivity contribution >= 4 is 5.97 Å². The minimum atomic E-state index is -0.130. The molecule has 2 fully saturated rings. The highest BCUT2D eigenvalue weighted by Gasteiger charge is 2.41. The van der Waals surface area contributed by atoms with E-state index in [1.165, 1.54) is 7.11 Å². The van der Waals surface area contributed by atoms with Crippen LogP contribution in [-0.4, -0.2) is 38.9 Å². The molecule has 0 aromatic heterocycles. The Kier molecular flexibility index (Phi) is 2.51. The third-order valence-corrected chi connectivity index (χ3v) is 3.02. The highest BCUT2D eigenvalue weighted by Crippen LogP contribution is 2.29. The van der Waals surface area contributed by atoms with Gasteiger partial charge in [0.05, 0.1) is 13.7 Å². The molecule has 0 radical (unpaired) electrons. The maximum atomic E-state index is 11.3. The molecule has 0 aromatic carbocycles. The molecule has 2 heterocycles. The summed E-state index contributed by atoms with van der Waals surface area (Å²) in [6.45, 7) is 2.44. The molecule has 2 rings (SSSR count). The summed E-state index contributed by atoms with van der Waals surface area (Å²) in [6.07, 6.45) is 0.970.